The van der Waals surface area contributed by atoms with Crippen LogP contribution >= 0.6 is 12.4 Å². The van der Waals surface area contributed by atoms with Gasteiger partial charge in [-0.3, -0.25) is 0 Å². The molecule has 2 aromatic carbocycles. The van der Waals surface area contributed by atoms with Crippen LogP contribution < -0.4 is 9.47 Å². The second kappa shape index (κ2) is 14.3. The third-order valence-electron chi connectivity index (χ3n) is 6.30. The first-order chi connectivity index (χ1) is 15.2. The van der Waals surface area contributed by atoms with E-state index in [0.717, 1.165) is 37.2 Å². The summed E-state index contributed by atoms with van der Waals surface area (Å²) in [4.78, 5) is 2.58. The van der Waals surface area contributed by atoms with Crippen LogP contribution in [0.3, 0.4) is 0 Å². The predicted octanol–water partition coefficient (Wildman–Crippen LogP) is 6.22. The molecule has 6 heteroatoms. The van der Waals surface area contributed by atoms with E-state index in [1.54, 1.807) is 0 Å². The fourth-order valence-corrected chi connectivity index (χ4v) is 4.47. The Labute approximate surface area is 197 Å². The molecule has 0 saturated carbocycles. The average Bonchev–Trinajstić information content (AvgIpc) is 2.81. The van der Waals surface area contributed by atoms with Gasteiger partial charge in [-0.1, -0.05) is 30.7 Å². The number of benzene rings is 2. The molecule has 0 bridgehead atoms. The Bertz CT molecular complexity index is 694. The van der Waals surface area contributed by atoms with Crippen molar-refractivity contribution in [2.45, 2.75) is 57.0 Å². The number of piperidine rings is 1. The zero-order chi connectivity index (χ0) is 21.9. The van der Waals surface area contributed by atoms with Gasteiger partial charge in [-0.15, -0.1) is 12.4 Å². The molecule has 178 valence electrons. The number of hydrogen-bond donors (Lipinski definition) is 0. The predicted molar refractivity (Wildman–Crippen MR) is 129 cm³/mol. The van der Waals surface area contributed by atoms with Gasteiger partial charge in [0.1, 0.15) is 38.1 Å². The molecule has 1 fully saturated rings. The number of ether oxygens (including phenoxy) is 2. The van der Waals surface area contributed by atoms with Gasteiger partial charge in [-0.2, -0.15) is 0 Å². The van der Waals surface area contributed by atoms with Crippen molar-refractivity contribution in [3.05, 3.63) is 59.7 Å². The minimum absolute atomic E-state index is 0. The Hall–Kier alpha value is -1.85. The SMILES string of the molecule is CN1[C@@H](CCc2ccc(OCCF)cc2)CCC[C@H]1CCc1ccc(OCCF)cc1.Cl. The zero-order valence-corrected chi connectivity index (χ0v) is 19.8. The number of alkyl halides is 2. The van der Waals surface area contributed by atoms with Gasteiger partial charge in [0.05, 0.1) is 0 Å². The molecule has 3 rings (SSSR count). The third-order valence-corrected chi connectivity index (χ3v) is 6.30. The number of nitrogens with zero attached hydrogens (tertiary/aromatic N) is 1. The van der Waals surface area contributed by atoms with Crippen LogP contribution in [0.4, 0.5) is 8.78 Å². The minimum atomic E-state index is -0.461. The van der Waals surface area contributed by atoms with E-state index in [0.29, 0.717) is 12.1 Å². The number of halogens is 3. The lowest BCUT2D eigenvalue weighted by Crippen LogP contribution is -2.44. The highest BCUT2D eigenvalue weighted by Gasteiger charge is 2.26. The number of hydrogen-bond acceptors (Lipinski definition) is 3. The molecule has 0 radical (unpaired) electrons. The van der Waals surface area contributed by atoms with Crippen molar-refractivity contribution in [2.75, 3.05) is 33.6 Å². The molecule has 0 unspecified atom stereocenters. The molecular weight excluding hydrogens is 432 g/mol. The summed E-state index contributed by atoms with van der Waals surface area (Å²) in [5, 5.41) is 0. The maximum Gasteiger partial charge on any atom is 0.123 e. The van der Waals surface area contributed by atoms with Crippen LogP contribution in [0.25, 0.3) is 0 Å². The zero-order valence-electron chi connectivity index (χ0n) is 19.0. The molecule has 1 aliphatic heterocycles. The lowest BCUT2D eigenvalue weighted by atomic mass is 9.89. The molecule has 1 saturated heterocycles. The topological polar surface area (TPSA) is 21.7 Å². The summed E-state index contributed by atoms with van der Waals surface area (Å²) in [6.45, 7) is -0.691. The highest BCUT2D eigenvalue weighted by Crippen LogP contribution is 2.28. The molecule has 0 amide bonds. The lowest BCUT2D eigenvalue weighted by molar-refractivity contribution is 0.103. The summed E-state index contributed by atoms with van der Waals surface area (Å²) in [6, 6.07) is 17.3. The van der Waals surface area contributed by atoms with E-state index in [-0.39, 0.29) is 25.6 Å². The Morgan fingerprint density at radius 3 is 1.53 bits per heavy atom. The van der Waals surface area contributed by atoms with Crippen molar-refractivity contribution in [1.29, 1.82) is 0 Å². The van der Waals surface area contributed by atoms with Gasteiger partial charge < -0.3 is 14.4 Å². The normalized spacial score (nSPS) is 18.7. The monoisotopic (exact) mass is 467 g/mol. The fourth-order valence-electron chi connectivity index (χ4n) is 4.47. The molecule has 0 spiro atoms. The summed E-state index contributed by atoms with van der Waals surface area (Å²) < 4.78 is 35.1. The van der Waals surface area contributed by atoms with Gasteiger partial charge in [0.2, 0.25) is 0 Å². The van der Waals surface area contributed by atoms with Crippen LogP contribution in [0, 0.1) is 0 Å². The van der Waals surface area contributed by atoms with Gasteiger partial charge in [-0.25, -0.2) is 8.78 Å². The fraction of sp³-hybridized carbons (Fsp3) is 0.538. The standard InChI is InChI=1S/C26H35F2NO2.ClH/c1-29-23(11-5-21-7-13-25(14-8-21)30-19-17-27)3-2-4-24(29)12-6-22-9-15-26(16-10-22)31-20-18-28;/h7-10,13-16,23-24H,2-6,11-12,17-20H2,1H3;1H/t23-,24+;. The molecule has 1 heterocycles. The molecule has 3 nitrogen and oxygen atoms in total. The van der Waals surface area contributed by atoms with Gasteiger partial charge in [-0.05, 0) is 81.0 Å². The summed E-state index contributed by atoms with van der Waals surface area (Å²) >= 11 is 0. The number of aryl methyl sites for hydroxylation is 2. The van der Waals surface area contributed by atoms with Gasteiger partial charge >= 0.3 is 0 Å². The van der Waals surface area contributed by atoms with Crippen LogP contribution in [0.5, 0.6) is 11.5 Å². The summed E-state index contributed by atoms with van der Waals surface area (Å²) in [5.74, 6) is 1.47. The van der Waals surface area contributed by atoms with Crippen LogP contribution in [-0.2, 0) is 12.8 Å². The highest BCUT2D eigenvalue weighted by molar-refractivity contribution is 5.85. The van der Waals surface area contributed by atoms with Gasteiger partial charge in [0, 0.05) is 12.1 Å². The molecule has 1 aliphatic rings. The highest BCUT2D eigenvalue weighted by atomic mass is 35.5. The van der Waals surface area contributed by atoms with Crippen molar-refractivity contribution in [2.24, 2.45) is 0 Å². The van der Waals surface area contributed by atoms with Crippen molar-refractivity contribution in [1.82, 2.24) is 4.90 Å². The van der Waals surface area contributed by atoms with Crippen LogP contribution in [0.15, 0.2) is 48.5 Å². The smallest absolute Gasteiger partial charge is 0.123 e. The Kier molecular flexibility index (Phi) is 11.8. The molecule has 2 aromatic rings. The molecule has 0 aliphatic carbocycles. The number of likely N-dealkylation sites (tertiary alicyclic amines) is 1. The van der Waals surface area contributed by atoms with E-state index in [1.165, 1.54) is 30.4 Å². The van der Waals surface area contributed by atoms with Crippen molar-refractivity contribution >= 4 is 12.4 Å². The van der Waals surface area contributed by atoms with E-state index in [9.17, 15) is 8.78 Å². The summed E-state index contributed by atoms with van der Waals surface area (Å²) in [6.07, 6.45) is 8.19. The first-order valence-electron chi connectivity index (χ1n) is 11.5. The van der Waals surface area contributed by atoms with Crippen LogP contribution in [0.1, 0.15) is 43.2 Å². The Morgan fingerprint density at radius 2 is 1.16 bits per heavy atom. The van der Waals surface area contributed by atoms with E-state index < -0.39 is 13.3 Å². The average molecular weight is 468 g/mol. The summed E-state index contributed by atoms with van der Waals surface area (Å²) in [7, 11) is 2.27. The van der Waals surface area contributed by atoms with E-state index in [1.807, 2.05) is 24.3 Å². The van der Waals surface area contributed by atoms with E-state index in [2.05, 4.69) is 36.2 Å². The van der Waals surface area contributed by atoms with Crippen molar-refractivity contribution < 1.29 is 18.3 Å². The molecule has 0 N–H and O–H groups in total. The second-order valence-corrected chi connectivity index (χ2v) is 8.34. The first-order valence-corrected chi connectivity index (χ1v) is 11.5. The quantitative estimate of drug-likeness (QED) is 0.369. The van der Waals surface area contributed by atoms with Crippen molar-refractivity contribution in [3.8, 4) is 11.5 Å². The lowest BCUT2D eigenvalue weighted by Gasteiger charge is -2.40. The molecule has 32 heavy (non-hydrogen) atoms. The Morgan fingerprint density at radius 1 is 0.750 bits per heavy atom. The van der Waals surface area contributed by atoms with E-state index >= 15 is 0 Å². The maximum absolute atomic E-state index is 12.2. The van der Waals surface area contributed by atoms with Crippen molar-refractivity contribution in [3.63, 3.8) is 0 Å². The van der Waals surface area contributed by atoms with Crippen LogP contribution in [0.2, 0.25) is 0 Å². The molecular formula is C26H36ClF2NO2. The Balaban J connectivity index is 0.00000363. The second-order valence-electron chi connectivity index (χ2n) is 8.34. The van der Waals surface area contributed by atoms with Gasteiger partial charge in [0.25, 0.3) is 0 Å². The molecule has 2 atom stereocenters. The number of rotatable bonds is 12. The maximum atomic E-state index is 12.2. The summed E-state index contributed by atoms with van der Waals surface area (Å²) in [5.41, 5.74) is 2.61. The molecule has 0 aromatic heterocycles. The first kappa shape index (κ1) is 26.4. The minimum Gasteiger partial charge on any atom is -0.491 e. The van der Waals surface area contributed by atoms with Crippen LogP contribution in [-0.4, -0.2) is 50.6 Å². The third kappa shape index (κ3) is 8.25. The van der Waals surface area contributed by atoms with Gasteiger partial charge in [0.15, 0.2) is 0 Å². The van der Waals surface area contributed by atoms with E-state index in [4.69, 9.17) is 9.47 Å². The largest absolute Gasteiger partial charge is 0.491 e.